The Morgan fingerprint density at radius 2 is 2.20 bits per heavy atom. The molecule has 0 unspecified atom stereocenters. The van der Waals surface area contributed by atoms with Crippen molar-refractivity contribution in [1.29, 1.82) is 5.26 Å². The van der Waals surface area contributed by atoms with Gasteiger partial charge in [0.15, 0.2) is 0 Å². The average Bonchev–Trinajstić information content (AvgIpc) is 2.43. The van der Waals surface area contributed by atoms with Crippen LogP contribution < -0.4 is 5.32 Å². The second kappa shape index (κ2) is 4.65. The van der Waals surface area contributed by atoms with E-state index in [0.29, 0.717) is 0 Å². The van der Waals surface area contributed by atoms with Crippen LogP contribution >= 0.6 is 0 Å². The van der Waals surface area contributed by atoms with Gasteiger partial charge in [-0.15, -0.1) is 0 Å². The van der Waals surface area contributed by atoms with Crippen molar-refractivity contribution in [1.82, 2.24) is 9.88 Å². The van der Waals surface area contributed by atoms with Crippen molar-refractivity contribution in [2.24, 2.45) is 0 Å². The molecule has 1 aromatic heterocycles. The quantitative estimate of drug-likeness (QED) is 0.750. The lowest BCUT2D eigenvalue weighted by Crippen LogP contribution is -2.27. The third kappa shape index (κ3) is 2.59. The lowest BCUT2D eigenvalue weighted by atomic mass is 10.2. The molecule has 0 atom stereocenters. The first-order valence-electron chi connectivity index (χ1n) is 4.83. The molecule has 80 valence electrons. The van der Waals surface area contributed by atoms with Crippen LogP contribution in [-0.4, -0.2) is 17.0 Å². The first-order valence-corrected chi connectivity index (χ1v) is 4.83. The standard InChI is InChI=1S/C11H15N3O/c1-8-6-14(10(3)9(8)2)7-11(15)13-5-4-12/h6H,5,7H2,1-3H3,(H,13,15). The molecule has 0 aliphatic carbocycles. The second-order valence-electron chi connectivity index (χ2n) is 3.59. The van der Waals surface area contributed by atoms with Crippen molar-refractivity contribution < 1.29 is 4.79 Å². The molecule has 0 fully saturated rings. The third-order valence-electron chi connectivity index (χ3n) is 2.59. The van der Waals surface area contributed by atoms with E-state index in [1.165, 1.54) is 11.1 Å². The Balaban J connectivity index is 2.69. The Bertz CT molecular complexity index is 412. The highest BCUT2D eigenvalue weighted by atomic mass is 16.1. The van der Waals surface area contributed by atoms with Crippen LogP contribution in [0.4, 0.5) is 0 Å². The van der Waals surface area contributed by atoms with Gasteiger partial charge in [-0.3, -0.25) is 4.79 Å². The van der Waals surface area contributed by atoms with Crippen LogP contribution in [0.3, 0.4) is 0 Å². The van der Waals surface area contributed by atoms with Crippen LogP contribution in [0.15, 0.2) is 6.20 Å². The van der Waals surface area contributed by atoms with E-state index in [1.54, 1.807) is 0 Å². The summed E-state index contributed by atoms with van der Waals surface area (Å²) in [6.07, 6.45) is 1.95. The minimum Gasteiger partial charge on any atom is -0.342 e. The SMILES string of the molecule is Cc1cn(CC(=O)NCC#N)c(C)c1C. The number of hydrogen-bond acceptors (Lipinski definition) is 2. The average molecular weight is 205 g/mol. The fraction of sp³-hybridized carbons (Fsp3) is 0.455. The molecule has 1 N–H and O–H groups in total. The summed E-state index contributed by atoms with van der Waals surface area (Å²) in [4.78, 5) is 11.4. The summed E-state index contributed by atoms with van der Waals surface area (Å²) in [6.45, 7) is 6.39. The van der Waals surface area contributed by atoms with Crippen molar-refractivity contribution in [3.05, 3.63) is 23.0 Å². The summed E-state index contributed by atoms with van der Waals surface area (Å²) in [6, 6.07) is 1.87. The highest BCUT2D eigenvalue weighted by Gasteiger charge is 2.08. The van der Waals surface area contributed by atoms with Crippen LogP contribution in [0.25, 0.3) is 0 Å². The zero-order chi connectivity index (χ0) is 11.4. The summed E-state index contributed by atoms with van der Waals surface area (Å²) in [5.41, 5.74) is 3.49. The lowest BCUT2D eigenvalue weighted by molar-refractivity contribution is -0.121. The molecule has 1 rings (SSSR count). The summed E-state index contributed by atoms with van der Waals surface area (Å²) in [5.74, 6) is -0.130. The highest BCUT2D eigenvalue weighted by Crippen LogP contribution is 2.13. The molecule has 1 heterocycles. The van der Waals surface area contributed by atoms with Gasteiger partial charge < -0.3 is 9.88 Å². The largest absolute Gasteiger partial charge is 0.342 e. The van der Waals surface area contributed by atoms with Gasteiger partial charge in [-0.05, 0) is 31.9 Å². The molecule has 0 bridgehead atoms. The van der Waals surface area contributed by atoms with E-state index in [2.05, 4.69) is 5.32 Å². The number of carbonyl (C=O) groups excluding carboxylic acids is 1. The van der Waals surface area contributed by atoms with Crippen LogP contribution in [0.2, 0.25) is 0 Å². The topological polar surface area (TPSA) is 57.8 Å². The molecular formula is C11H15N3O. The maximum absolute atomic E-state index is 11.4. The van der Waals surface area contributed by atoms with E-state index < -0.39 is 0 Å². The maximum atomic E-state index is 11.4. The summed E-state index contributed by atoms with van der Waals surface area (Å²) < 4.78 is 1.90. The normalized spacial score (nSPS) is 9.73. The smallest absolute Gasteiger partial charge is 0.240 e. The monoisotopic (exact) mass is 205 g/mol. The number of nitriles is 1. The molecule has 0 saturated heterocycles. The molecule has 0 aliphatic heterocycles. The number of carbonyl (C=O) groups is 1. The van der Waals surface area contributed by atoms with Crippen LogP contribution in [0, 0.1) is 32.1 Å². The molecule has 0 aromatic carbocycles. The summed E-state index contributed by atoms with van der Waals surface area (Å²) in [5, 5.41) is 10.8. The Morgan fingerprint density at radius 1 is 1.53 bits per heavy atom. The van der Waals surface area contributed by atoms with Crippen LogP contribution in [0.1, 0.15) is 16.8 Å². The predicted octanol–water partition coefficient (Wildman–Crippen LogP) is 1.05. The summed E-state index contributed by atoms with van der Waals surface area (Å²) >= 11 is 0. The van der Waals surface area contributed by atoms with Gasteiger partial charge in [0, 0.05) is 11.9 Å². The van der Waals surface area contributed by atoms with E-state index in [-0.39, 0.29) is 19.0 Å². The zero-order valence-corrected chi connectivity index (χ0v) is 9.29. The van der Waals surface area contributed by atoms with Crippen molar-refractivity contribution in [2.45, 2.75) is 27.3 Å². The predicted molar refractivity (Wildman–Crippen MR) is 57.3 cm³/mol. The summed E-state index contributed by atoms with van der Waals surface area (Å²) in [7, 11) is 0. The molecule has 0 aliphatic rings. The van der Waals surface area contributed by atoms with Gasteiger partial charge in [-0.1, -0.05) is 0 Å². The van der Waals surface area contributed by atoms with Crippen molar-refractivity contribution >= 4 is 5.91 Å². The molecule has 15 heavy (non-hydrogen) atoms. The Morgan fingerprint density at radius 3 is 2.67 bits per heavy atom. The van der Waals surface area contributed by atoms with Crippen molar-refractivity contribution in [2.75, 3.05) is 6.54 Å². The van der Waals surface area contributed by atoms with Crippen LogP contribution in [-0.2, 0) is 11.3 Å². The third-order valence-corrected chi connectivity index (χ3v) is 2.59. The number of aryl methyl sites for hydroxylation is 1. The molecule has 0 radical (unpaired) electrons. The van der Waals surface area contributed by atoms with Gasteiger partial charge in [0.2, 0.25) is 5.91 Å². The molecule has 0 spiro atoms. The zero-order valence-electron chi connectivity index (χ0n) is 9.29. The number of hydrogen-bond donors (Lipinski definition) is 1. The lowest BCUT2D eigenvalue weighted by Gasteiger charge is -2.05. The molecular weight excluding hydrogens is 190 g/mol. The van der Waals surface area contributed by atoms with Gasteiger partial charge in [0.05, 0.1) is 6.07 Å². The number of aromatic nitrogens is 1. The van der Waals surface area contributed by atoms with Crippen LogP contribution in [0.5, 0.6) is 0 Å². The molecule has 4 heteroatoms. The van der Waals surface area contributed by atoms with Gasteiger partial charge in [-0.25, -0.2) is 0 Å². The minimum atomic E-state index is -0.130. The highest BCUT2D eigenvalue weighted by molar-refractivity contribution is 5.76. The van der Waals surface area contributed by atoms with Crippen molar-refractivity contribution in [3.63, 3.8) is 0 Å². The van der Waals surface area contributed by atoms with E-state index in [9.17, 15) is 4.79 Å². The molecule has 1 aromatic rings. The van der Waals surface area contributed by atoms with E-state index in [4.69, 9.17) is 5.26 Å². The van der Waals surface area contributed by atoms with Gasteiger partial charge in [0.1, 0.15) is 13.1 Å². The minimum absolute atomic E-state index is 0.0666. The first kappa shape index (κ1) is 11.3. The fourth-order valence-electron chi connectivity index (χ4n) is 1.44. The van der Waals surface area contributed by atoms with Gasteiger partial charge >= 0.3 is 0 Å². The molecule has 1 amide bonds. The second-order valence-corrected chi connectivity index (χ2v) is 3.59. The number of nitrogens with one attached hydrogen (secondary N) is 1. The molecule has 0 saturated carbocycles. The maximum Gasteiger partial charge on any atom is 0.240 e. The number of nitrogens with zero attached hydrogens (tertiary/aromatic N) is 2. The van der Waals surface area contributed by atoms with E-state index in [0.717, 1.165) is 5.69 Å². The van der Waals surface area contributed by atoms with Gasteiger partial charge in [-0.2, -0.15) is 5.26 Å². The fourth-order valence-corrected chi connectivity index (χ4v) is 1.44. The Hall–Kier alpha value is -1.76. The number of rotatable bonds is 3. The Kier molecular flexibility index (Phi) is 3.51. The van der Waals surface area contributed by atoms with E-state index >= 15 is 0 Å². The first-order chi connectivity index (χ1) is 7.06. The molecule has 4 nitrogen and oxygen atoms in total. The Labute approximate surface area is 89.5 Å². The van der Waals surface area contributed by atoms with Gasteiger partial charge in [0.25, 0.3) is 0 Å². The van der Waals surface area contributed by atoms with E-state index in [1.807, 2.05) is 37.6 Å². The van der Waals surface area contributed by atoms with Crippen molar-refractivity contribution in [3.8, 4) is 6.07 Å². The number of amides is 1.